The van der Waals surface area contributed by atoms with Gasteiger partial charge in [0.1, 0.15) is 33.1 Å². The van der Waals surface area contributed by atoms with E-state index >= 15 is 0 Å². The second-order valence-corrected chi connectivity index (χ2v) is 5.39. The molecule has 0 aliphatic carbocycles. The Kier molecular flexibility index (Phi) is 2.90. The predicted octanol–water partition coefficient (Wildman–Crippen LogP) is 2.86. The fraction of sp³-hybridized carbons (Fsp3) is 0.200. The summed E-state index contributed by atoms with van der Waals surface area (Å²) in [6.07, 6.45) is 0. The van der Waals surface area contributed by atoms with Crippen molar-refractivity contribution < 1.29 is 13.2 Å². The van der Waals surface area contributed by atoms with Crippen LogP contribution in [-0.2, 0) is 0 Å². The van der Waals surface area contributed by atoms with Crippen molar-refractivity contribution in [3.63, 3.8) is 0 Å². The van der Waals surface area contributed by atoms with E-state index in [-0.39, 0.29) is 38.8 Å². The number of aromatic nitrogens is 6. The molecular weight excluding hydrogens is 321 g/mol. The number of hydrogen-bond donors (Lipinski definition) is 0. The first-order chi connectivity index (χ1) is 11.4. The highest BCUT2D eigenvalue weighted by Crippen LogP contribution is 2.30. The van der Waals surface area contributed by atoms with Gasteiger partial charge in [0.15, 0.2) is 0 Å². The number of rotatable bonds is 0. The standard InChI is InChI=1S/C15H9F3N6/c1-4-5(2)20-8-7(19-4)10-9(21-6(3)13(16)22-10)12-11(8)23-14(17)15(18)24-12/h1-3H3. The number of hydrogen-bond acceptors (Lipinski definition) is 6. The zero-order valence-corrected chi connectivity index (χ0v) is 12.8. The third-order valence-corrected chi connectivity index (χ3v) is 3.81. The van der Waals surface area contributed by atoms with Crippen LogP contribution in [0.15, 0.2) is 0 Å². The van der Waals surface area contributed by atoms with Gasteiger partial charge in [0.2, 0.25) is 5.95 Å². The Morgan fingerprint density at radius 3 is 1.12 bits per heavy atom. The molecular formula is C15H9F3N6. The first-order valence-corrected chi connectivity index (χ1v) is 7.00. The van der Waals surface area contributed by atoms with E-state index in [0.717, 1.165) is 0 Å². The Balaban J connectivity index is 2.40. The van der Waals surface area contributed by atoms with Crippen LogP contribution in [0.3, 0.4) is 0 Å². The number of halogens is 3. The molecule has 0 saturated carbocycles. The molecule has 0 atom stereocenters. The van der Waals surface area contributed by atoms with E-state index in [1.807, 2.05) is 0 Å². The highest BCUT2D eigenvalue weighted by molar-refractivity contribution is 6.17. The van der Waals surface area contributed by atoms with Gasteiger partial charge in [-0.1, -0.05) is 0 Å². The minimum atomic E-state index is -1.37. The first kappa shape index (κ1) is 14.6. The van der Waals surface area contributed by atoms with Crippen molar-refractivity contribution in [3.8, 4) is 0 Å². The van der Waals surface area contributed by atoms with Gasteiger partial charge in [0, 0.05) is 0 Å². The topological polar surface area (TPSA) is 77.3 Å². The maximum atomic E-state index is 13.9. The lowest BCUT2D eigenvalue weighted by Crippen LogP contribution is -2.04. The number of nitrogens with zero attached hydrogens (tertiary/aromatic N) is 6. The van der Waals surface area contributed by atoms with Crippen molar-refractivity contribution >= 4 is 33.1 Å². The summed E-state index contributed by atoms with van der Waals surface area (Å²) in [5, 5.41) is 0. The highest BCUT2D eigenvalue weighted by atomic mass is 19.2. The fourth-order valence-corrected chi connectivity index (χ4v) is 2.49. The van der Waals surface area contributed by atoms with E-state index in [4.69, 9.17) is 0 Å². The summed E-state index contributed by atoms with van der Waals surface area (Å²) >= 11 is 0. The second-order valence-electron chi connectivity index (χ2n) is 5.39. The SMILES string of the molecule is Cc1nc2c(nc1C)c1nc(F)c(F)nc1c1nc(C)c(F)nc21. The van der Waals surface area contributed by atoms with Crippen molar-refractivity contribution in [2.75, 3.05) is 0 Å². The minimum Gasteiger partial charge on any atom is -0.247 e. The Morgan fingerprint density at radius 2 is 0.708 bits per heavy atom. The van der Waals surface area contributed by atoms with Gasteiger partial charge in [0.05, 0.1) is 17.1 Å². The summed E-state index contributed by atoms with van der Waals surface area (Å²) in [7, 11) is 0. The van der Waals surface area contributed by atoms with Crippen molar-refractivity contribution in [2.45, 2.75) is 20.8 Å². The Labute approximate surface area is 132 Å². The molecule has 0 aliphatic rings. The molecule has 0 saturated heterocycles. The van der Waals surface area contributed by atoms with Gasteiger partial charge in [-0.3, -0.25) is 0 Å². The summed E-state index contributed by atoms with van der Waals surface area (Å²) in [6.45, 7) is 4.86. The third-order valence-electron chi connectivity index (χ3n) is 3.81. The Hall–Kier alpha value is -2.97. The summed E-state index contributed by atoms with van der Waals surface area (Å²) in [5.41, 5.74) is 1.72. The van der Waals surface area contributed by atoms with Gasteiger partial charge in [0.25, 0.3) is 11.9 Å². The van der Waals surface area contributed by atoms with E-state index in [9.17, 15) is 13.2 Å². The van der Waals surface area contributed by atoms with Gasteiger partial charge in [-0.25, -0.2) is 29.9 Å². The summed E-state index contributed by atoms with van der Waals surface area (Å²) < 4.78 is 41.1. The van der Waals surface area contributed by atoms with Gasteiger partial charge in [-0.05, 0) is 20.8 Å². The molecule has 0 radical (unpaired) electrons. The molecule has 3 heterocycles. The molecule has 3 aromatic heterocycles. The largest absolute Gasteiger partial charge is 0.269 e. The van der Waals surface area contributed by atoms with Crippen LogP contribution in [-0.4, -0.2) is 29.9 Å². The predicted molar refractivity (Wildman–Crippen MR) is 79.8 cm³/mol. The lowest BCUT2D eigenvalue weighted by Gasteiger charge is -2.09. The maximum absolute atomic E-state index is 13.9. The molecule has 9 heteroatoms. The van der Waals surface area contributed by atoms with Crippen molar-refractivity contribution in [1.29, 1.82) is 0 Å². The molecule has 1 aromatic carbocycles. The summed E-state index contributed by atoms with van der Waals surface area (Å²) in [5.74, 6) is -3.50. The van der Waals surface area contributed by atoms with Crippen LogP contribution in [0.25, 0.3) is 33.1 Å². The van der Waals surface area contributed by atoms with Crippen LogP contribution in [0.5, 0.6) is 0 Å². The number of aryl methyl sites for hydroxylation is 3. The van der Waals surface area contributed by atoms with E-state index < -0.39 is 17.8 Å². The Bertz CT molecular complexity index is 908. The molecule has 120 valence electrons. The van der Waals surface area contributed by atoms with Crippen molar-refractivity contribution in [3.05, 3.63) is 34.9 Å². The molecule has 4 aromatic rings. The van der Waals surface area contributed by atoms with E-state index in [1.165, 1.54) is 6.92 Å². The van der Waals surface area contributed by atoms with E-state index in [2.05, 4.69) is 29.9 Å². The lowest BCUT2D eigenvalue weighted by atomic mass is 10.1. The van der Waals surface area contributed by atoms with Crippen molar-refractivity contribution in [2.24, 2.45) is 0 Å². The molecule has 0 fully saturated rings. The summed E-state index contributed by atoms with van der Waals surface area (Å²) in [6, 6.07) is 0. The number of fused-ring (bicyclic) bond motifs is 6. The van der Waals surface area contributed by atoms with Crippen LogP contribution in [0.2, 0.25) is 0 Å². The van der Waals surface area contributed by atoms with Crippen LogP contribution in [0.1, 0.15) is 17.1 Å². The molecule has 0 unspecified atom stereocenters. The van der Waals surface area contributed by atoms with E-state index in [1.54, 1.807) is 13.8 Å². The van der Waals surface area contributed by atoms with Gasteiger partial charge in [-0.15, -0.1) is 0 Å². The van der Waals surface area contributed by atoms with E-state index in [0.29, 0.717) is 11.4 Å². The van der Waals surface area contributed by atoms with Crippen LogP contribution in [0, 0.1) is 38.6 Å². The van der Waals surface area contributed by atoms with Gasteiger partial charge < -0.3 is 0 Å². The average Bonchev–Trinajstić information content (AvgIpc) is 2.53. The molecule has 0 aliphatic heterocycles. The van der Waals surface area contributed by atoms with Crippen molar-refractivity contribution in [1.82, 2.24) is 29.9 Å². The quantitative estimate of drug-likeness (QED) is 0.461. The molecule has 4 rings (SSSR count). The molecule has 24 heavy (non-hydrogen) atoms. The smallest absolute Gasteiger partial charge is 0.247 e. The fourth-order valence-electron chi connectivity index (χ4n) is 2.49. The average molecular weight is 330 g/mol. The zero-order chi connectivity index (χ0) is 17.2. The molecule has 0 bridgehead atoms. The zero-order valence-electron chi connectivity index (χ0n) is 12.8. The van der Waals surface area contributed by atoms with Crippen LogP contribution >= 0.6 is 0 Å². The Morgan fingerprint density at radius 1 is 0.417 bits per heavy atom. The highest BCUT2D eigenvalue weighted by Gasteiger charge is 2.20. The molecule has 0 N–H and O–H groups in total. The molecule has 0 amide bonds. The number of benzene rings is 1. The minimum absolute atomic E-state index is 0.00600. The third kappa shape index (κ3) is 1.90. The molecule has 6 nitrogen and oxygen atoms in total. The normalized spacial score (nSPS) is 11.8. The maximum Gasteiger partial charge on any atom is 0.269 e. The lowest BCUT2D eigenvalue weighted by molar-refractivity contribution is 0.459. The van der Waals surface area contributed by atoms with Gasteiger partial charge >= 0.3 is 0 Å². The monoisotopic (exact) mass is 330 g/mol. The molecule has 0 spiro atoms. The van der Waals surface area contributed by atoms with Gasteiger partial charge in [-0.2, -0.15) is 13.2 Å². The van der Waals surface area contributed by atoms with Crippen LogP contribution in [0.4, 0.5) is 13.2 Å². The summed E-state index contributed by atoms with van der Waals surface area (Å²) in [4.78, 5) is 23.8. The van der Waals surface area contributed by atoms with Crippen LogP contribution < -0.4 is 0 Å². The first-order valence-electron chi connectivity index (χ1n) is 7.00. The second kappa shape index (κ2) is 4.76.